The first-order valence-electron chi connectivity index (χ1n) is 7.23. The van der Waals surface area contributed by atoms with E-state index in [4.69, 9.17) is 11.6 Å². The Kier molecular flexibility index (Phi) is 6.32. The zero-order valence-corrected chi connectivity index (χ0v) is 14.4. The van der Waals surface area contributed by atoms with Gasteiger partial charge in [0.1, 0.15) is 5.82 Å². The maximum Gasteiger partial charge on any atom is 0.339 e. The van der Waals surface area contributed by atoms with Gasteiger partial charge in [-0.1, -0.05) is 20.8 Å². The standard InChI is InChI=1S/C16H21ClFNO5/c1-15(2,3)16(24,14(22)23)12(20)13(21)19(9-8-17)11-6-4-10(18)5-7-11/h4-7,12,20,24H,8-9H2,1-3H3,(H,22,23)/t12-,16+/m0/s1. The molecule has 1 amide bonds. The number of benzene rings is 1. The number of carboxylic acids is 1. The van der Waals surface area contributed by atoms with Crippen LogP contribution < -0.4 is 4.90 Å². The van der Waals surface area contributed by atoms with Gasteiger partial charge in [0, 0.05) is 23.5 Å². The highest BCUT2D eigenvalue weighted by Gasteiger charge is 2.56. The third kappa shape index (κ3) is 3.85. The van der Waals surface area contributed by atoms with Gasteiger partial charge in [-0.05, 0) is 24.3 Å². The maximum atomic E-state index is 13.1. The van der Waals surface area contributed by atoms with Crippen molar-refractivity contribution < 1.29 is 29.3 Å². The molecule has 0 unspecified atom stereocenters. The van der Waals surface area contributed by atoms with E-state index in [1.807, 2.05) is 0 Å². The van der Waals surface area contributed by atoms with Gasteiger partial charge in [0.05, 0.1) is 0 Å². The van der Waals surface area contributed by atoms with E-state index in [9.17, 15) is 29.3 Å². The van der Waals surface area contributed by atoms with Crippen LogP contribution in [0.2, 0.25) is 0 Å². The lowest BCUT2D eigenvalue weighted by molar-refractivity contribution is -0.194. The Morgan fingerprint density at radius 2 is 1.75 bits per heavy atom. The summed E-state index contributed by atoms with van der Waals surface area (Å²) in [5, 5.41) is 30.1. The van der Waals surface area contributed by atoms with Gasteiger partial charge >= 0.3 is 5.97 Å². The molecule has 8 heteroatoms. The van der Waals surface area contributed by atoms with Crippen LogP contribution in [-0.2, 0) is 9.59 Å². The van der Waals surface area contributed by atoms with E-state index in [1.54, 1.807) is 0 Å². The quantitative estimate of drug-likeness (QED) is 0.669. The molecule has 0 saturated heterocycles. The predicted molar refractivity (Wildman–Crippen MR) is 87.5 cm³/mol. The molecule has 1 aromatic carbocycles. The average Bonchev–Trinajstić information content (AvgIpc) is 2.50. The number of amides is 1. The topological polar surface area (TPSA) is 98.1 Å². The molecule has 24 heavy (non-hydrogen) atoms. The lowest BCUT2D eigenvalue weighted by Crippen LogP contribution is -2.63. The van der Waals surface area contributed by atoms with Crippen molar-refractivity contribution in [1.82, 2.24) is 0 Å². The van der Waals surface area contributed by atoms with Crippen molar-refractivity contribution in [2.24, 2.45) is 5.41 Å². The fourth-order valence-electron chi connectivity index (χ4n) is 2.25. The molecule has 0 radical (unpaired) electrons. The van der Waals surface area contributed by atoms with Crippen molar-refractivity contribution in [2.75, 3.05) is 17.3 Å². The minimum atomic E-state index is -2.71. The third-order valence-electron chi connectivity index (χ3n) is 3.81. The summed E-state index contributed by atoms with van der Waals surface area (Å²) in [5.41, 5.74) is -3.82. The molecule has 0 bridgehead atoms. The molecule has 0 saturated carbocycles. The molecule has 1 rings (SSSR count). The van der Waals surface area contributed by atoms with Crippen LogP contribution in [0.5, 0.6) is 0 Å². The Morgan fingerprint density at radius 1 is 1.25 bits per heavy atom. The van der Waals surface area contributed by atoms with Crippen LogP contribution in [0.15, 0.2) is 24.3 Å². The maximum absolute atomic E-state index is 13.1. The monoisotopic (exact) mass is 361 g/mol. The second-order valence-corrected chi connectivity index (χ2v) is 6.76. The van der Waals surface area contributed by atoms with Gasteiger partial charge in [0.2, 0.25) is 5.60 Å². The lowest BCUT2D eigenvalue weighted by atomic mass is 9.72. The average molecular weight is 362 g/mol. The van der Waals surface area contributed by atoms with Gasteiger partial charge in [0.15, 0.2) is 6.10 Å². The largest absolute Gasteiger partial charge is 0.479 e. The van der Waals surface area contributed by atoms with E-state index >= 15 is 0 Å². The number of hydrogen-bond acceptors (Lipinski definition) is 4. The fourth-order valence-corrected chi connectivity index (χ4v) is 2.42. The molecule has 0 spiro atoms. The van der Waals surface area contributed by atoms with E-state index in [1.165, 1.54) is 32.9 Å². The Labute approximate surface area is 144 Å². The number of hydrogen-bond donors (Lipinski definition) is 3. The zero-order chi connectivity index (χ0) is 18.7. The van der Waals surface area contributed by atoms with Crippen LogP contribution in [0.4, 0.5) is 10.1 Å². The molecule has 2 atom stereocenters. The van der Waals surface area contributed by atoms with Crippen molar-refractivity contribution in [3.63, 3.8) is 0 Å². The molecular formula is C16H21ClFNO5. The molecule has 0 aliphatic heterocycles. The van der Waals surface area contributed by atoms with Crippen LogP contribution in [0.25, 0.3) is 0 Å². The molecule has 0 aliphatic carbocycles. The van der Waals surface area contributed by atoms with E-state index in [2.05, 4.69) is 0 Å². The summed E-state index contributed by atoms with van der Waals surface area (Å²) in [4.78, 5) is 25.1. The second kappa shape index (κ2) is 7.46. The highest BCUT2D eigenvalue weighted by molar-refractivity contribution is 6.18. The first kappa shape index (κ1) is 20.3. The number of carbonyl (C=O) groups is 2. The highest BCUT2D eigenvalue weighted by Crippen LogP contribution is 2.35. The number of nitrogens with zero attached hydrogens (tertiary/aromatic N) is 1. The lowest BCUT2D eigenvalue weighted by Gasteiger charge is -2.40. The normalized spacial score (nSPS) is 15.5. The van der Waals surface area contributed by atoms with Gasteiger partial charge in [-0.2, -0.15) is 0 Å². The fraction of sp³-hybridized carbons (Fsp3) is 0.500. The van der Waals surface area contributed by atoms with Crippen LogP contribution in [0.1, 0.15) is 20.8 Å². The Morgan fingerprint density at radius 3 is 2.12 bits per heavy atom. The first-order valence-corrected chi connectivity index (χ1v) is 7.77. The smallest absolute Gasteiger partial charge is 0.339 e. The molecule has 1 aromatic rings. The zero-order valence-electron chi connectivity index (χ0n) is 13.7. The number of aliphatic hydroxyl groups excluding tert-OH is 1. The number of aliphatic carboxylic acids is 1. The van der Waals surface area contributed by atoms with E-state index in [0.29, 0.717) is 0 Å². The summed E-state index contributed by atoms with van der Waals surface area (Å²) in [5.74, 6) is -3.28. The van der Waals surface area contributed by atoms with Crippen molar-refractivity contribution in [1.29, 1.82) is 0 Å². The minimum absolute atomic E-state index is 0.00312. The van der Waals surface area contributed by atoms with Crippen molar-refractivity contribution in [2.45, 2.75) is 32.5 Å². The summed E-state index contributed by atoms with van der Waals surface area (Å²) in [6.45, 7) is 4.12. The predicted octanol–water partition coefficient (Wildman–Crippen LogP) is 1.62. The van der Waals surface area contributed by atoms with Gasteiger partial charge in [-0.3, -0.25) is 4.79 Å². The third-order valence-corrected chi connectivity index (χ3v) is 3.98. The molecule has 0 heterocycles. The minimum Gasteiger partial charge on any atom is -0.479 e. The summed E-state index contributed by atoms with van der Waals surface area (Å²) < 4.78 is 13.1. The summed E-state index contributed by atoms with van der Waals surface area (Å²) in [6.07, 6.45) is -2.23. The molecule has 134 valence electrons. The van der Waals surface area contributed by atoms with E-state index in [0.717, 1.165) is 17.0 Å². The molecule has 6 nitrogen and oxygen atoms in total. The Hall–Kier alpha value is -1.70. The van der Waals surface area contributed by atoms with E-state index < -0.39 is 34.8 Å². The van der Waals surface area contributed by atoms with Crippen molar-refractivity contribution >= 4 is 29.2 Å². The number of anilines is 1. The SMILES string of the molecule is CC(C)(C)[C@](O)(C(=O)O)[C@@H](O)C(=O)N(CCCl)c1ccc(F)cc1. The number of carbonyl (C=O) groups excluding carboxylic acids is 1. The van der Waals surface area contributed by atoms with Crippen LogP contribution in [0.3, 0.4) is 0 Å². The summed E-state index contributed by atoms with van der Waals surface area (Å²) in [6, 6.07) is 4.82. The van der Waals surface area contributed by atoms with Crippen LogP contribution in [-0.4, -0.2) is 51.3 Å². The number of halogens is 2. The van der Waals surface area contributed by atoms with Crippen LogP contribution >= 0.6 is 11.6 Å². The van der Waals surface area contributed by atoms with E-state index in [-0.39, 0.29) is 18.1 Å². The number of alkyl halides is 1. The Balaban J connectivity index is 3.27. The summed E-state index contributed by atoms with van der Waals surface area (Å²) in [7, 11) is 0. The summed E-state index contributed by atoms with van der Waals surface area (Å²) >= 11 is 5.66. The first-order chi connectivity index (χ1) is 11.0. The Bertz CT molecular complexity index is 601. The second-order valence-electron chi connectivity index (χ2n) is 6.38. The van der Waals surface area contributed by atoms with Gasteiger partial charge in [0.25, 0.3) is 5.91 Å². The van der Waals surface area contributed by atoms with Gasteiger partial charge in [-0.25, -0.2) is 9.18 Å². The highest BCUT2D eigenvalue weighted by atomic mass is 35.5. The van der Waals surface area contributed by atoms with Crippen molar-refractivity contribution in [3.8, 4) is 0 Å². The van der Waals surface area contributed by atoms with Gasteiger partial charge < -0.3 is 20.2 Å². The molecule has 3 N–H and O–H groups in total. The molecule has 0 aliphatic rings. The van der Waals surface area contributed by atoms with Crippen molar-refractivity contribution in [3.05, 3.63) is 30.1 Å². The molecule has 0 fully saturated rings. The van der Waals surface area contributed by atoms with Gasteiger partial charge in [-0.15, -0.1) is 11.6 Å². The molecular weight excluding hydrogens is 341 g/mol. The number of aliphatic hydroxyl groups is 2. The number of rotatable bonds is 6. The number of carboxylic acid groups (broad SMARTS) is 1. The van der Waals surface area contributed by atoms with Crippen LogP contribution in [0, 0.1) is 11.2 Å². The molecule has 0 aromatic heterocycles.